The minimum absolute atomic E-state index is 0.922. The zero-order chi connectivity index (χ0) is 45.0. The monoisotopic (exact) mass is 866 g/mol. The maximum Gasteiger partial charge on any atom is 0.101 e. The first kappa shape index (κ1) is 39.3. The summed E-state index contributed by atoms with van der Waals surface area (Å²) in [5.41, 5.74) is 19.5. The highest BCUT2D eigenvalue weighted by Gasteiger charge is 2.22. The van der Waals surface area contributed by atoms with Crippen molar-refractivity contribution in [2.75, 3.05) is 0 Å². The van der Waals surface area contributed by atoms with Gasteiger partial charge in [0.15, 0.2) is 0 Å². The number of aromatic nitrogens is 4. The smallest absolute Gasteiger partial charge is 0.101 e. The highest BCUT2D eigenvalue weighted by molar-refractivity contribution is 6.11. The molecule has 4 aromatic heterocycles. The standard InChI is InChI=1S/C64H42N4/c1-5-18-43(19-6-1)57-40-52(41-58(65-57)44-34-36-53(37-35-44)67-59-30-15-13-28-54(59)55-29-14-16-31-60(55)67)49-27-17-26-48(38-49)50-32-33-51-42-61(45-20-7-2-8-21-45)68-64(56(51)39-50)62(46-22-9-3-10-23-46)63(66-68)47-24-11-4-12-25-47/h1-42H. The van der Waals surface area contributed by atoms with Gasteiger partial charge in [-0.15, -0.1) is 0 Å². The van der Waals surface area contributed by atoms with Crippen LogP contribution in [0, 0.1) is 0 Å². The van der Waals surface area contributed by atoms with E-state index in [1.165, 1.54) is 21.8 Å². The van der Waals surface area contributed by atoms with E-state index < -0.39 is 0 Å². The molecular formula is C64H42N4. The maximum atomic E-state index is 5.46. The van der Waals surface area contributed by atoms with Crippen molar-refractivity contribution < 1.29 is 0 Å². The van der Waals surface area contributed by atoms with Gasteiger partial charge in [-0.25, -0.2) is 9.50 Å². The molecule has 0 atom stereocenters. The fourth-order valence-corrected chi connectivity index (χ4v) is 10.1. The van der Waals surface area contributed by atoms with E-state index in [4.69, 9.17) is 10.1 Å². The number of pyridine rings is 2. The Kier molecular flexibility index (Phi) is 9.47. The second kappa shape index (κ2) is 16.4. The quantitative estimate of drug-likeness (QED) is 0.153. The molecule has 318 valence electrons. The average molecular weight is 867 g/mol. The zero-order valence-electron chi connectivity index (χ0n) is 37.0. The summed E-state index contributed by atoms with van der Waals surface area (Å²) in [6.07, 6.45) is 0. The molecule has 0 bridgehead atoms. The van der Waals surface area contributed by atoms with Crippen molar-refractivity contribution in [3.63, 3.8) is 0 Å². The molecule has 0 saturated heterocycles. The first-order valence-corrected chi connectivity index (χ1v) is 23.1. The lowest BCUT2D eigenvalue weighted by atomic mass is 9.93. The van der Waals surface area contributed by atoms with Crippen LogP contribution < -0.4 is 0 Å². The molecule has 0 unspecified atom stereocenters. The topological polar surface area (TPSA) is 35.1 Å². The third-order valence-corrected chi connectivity index (χ3v) is 13.3. The van der Waals surface area contributed by atoms with E-state index in [-0.39, 0.29) is 0 Å². The van der Waals surface area contributed by atoms with Crippen molar-refractivity contribution in [3.8, 4) is 84.1 Å². The molecule has 4 heterocycles. The highest BCUT2D eigenvalue weighted by atomic mass is 15.2. The number of benzene rings is 9. The summed E-state index contributed by atoms with van der Waals surface area (Å²) in [5, 5.41) is 10.3. The summed E-state index contributed by atoms with van der Waals surface area (Å²) >= 11 is 0. The van der Waals surface area contributed by atoms with Crippen LogP contribution in [-0.4, -0.2) is 19.2 Å². The second-order valence-corrected chi connectivity index (χ2v) is 17.4. The lowest BCUT2D eigenvalue weighted by Gasteiger charge is -2.14. The minimum Gasteiger partial charge on any atom is -0.309 e. The molecule has 9 aromatic carbocycles. The van der Waals surface area contributed by atoms with Crippen LogP contribution in [0.15, 0.2) is 255 Å². The summed E-state index contributed by atoms with van der Waals surface area (Å²) in [4.78, 5) is 5.31. The molecule has 0 radical (unpaired) electrons. The van der Waals surface area contributed by atoms with Gasteiger partial charge in [0, 0.05) is 49.7 Å². The molecule has 4 heteroatoms. The fraction of sp³-hybridized carbons (Fsp3) is 0. The van der Waals surface area contributed by atoms with Gasteiger partial charge in [0.25, 0.3) is 0 Å². The number of fused-ring (bicyclic) bond motifs is 6. The third-order valence-electron chi connectivity index (χ3n) is 13.3. The molecule has 0 aliphatic heterocycles. The first-order valence-electron chi connectivity index (χ1n) is 23.1. The van der Waals surface area contributed by atoms with Crippen LogP contribution in [0.2, 0.25) is 0 Å². The first-order chi connectivity index (χ1) is 33.7. The lowest BCUT2D eigenvalue weighted by Crippen LogP contribution is -1.96. The van der Waals surface area contributed by atoms with Gasteiger partial charge in [0.2, 0.25) is 0 Å². The molecule has 0 N–H and O–H groups in total. The Morgan fingerprint density at radius 1 is 0.309 bits per heavy atom. The van der Waals surface area contributed by atoms with Crippen LogP contribution in [0.1, 0.15) is 0 Å². The molecule has 13 rings (SSSR count). The molecule has 0 amide bonds. The van der Waals surface area contributed by atoms with Gasteiger partial charge in [-0.1, -0.05) is 200 Å². The van der Waals surface area contributed by atoms with E-state index in [0.29, 0.717) is 0 Å². The Morgan fingerprint density at radius 2 is 0.794 bits per heavy atom. The predicted molar refractivity (Wildman–Crippen MR) is 283 cm³/mol. The molecule has 13 aromatic rings. The summed E-state index contributed by atoms with van der Waals surface area (Å²) in [5.74, 6) is 0. The van der Waals surface area contributed by atoms with Crippen molar-refractivity contribution in [2.45, 2.75) is 0 Å². The number of rotatable bonds is 8. The van der Waals surface area contributed by atoms with Crippen molar-refractivity contribution in [1.82, 2.24) is 19.2 Å². The fourth-order valence-electron chi connectivity index (χ4n) is 10.1. The Labute approximate surface area is 394 Å². The van der Waals surface area contributed by atoms with E-state index in [2.05, 4.69) is 264 Å². The normalized spacial score (nSPS) is 11.5. The number of hydrogen-bond acceptors (Lipinski definition) is 2. The van der Waals surface area contributed by atoms with Crippen LogP contribution in [0.25, 0.3) is 122 Å². The Morgan fingerprint density at radius 3 is 1.43 bits per heavy atom. The Hall–Kier alpha value is -9.12. The van der Waals surface area contributed by atoms with E-state index in [1.54, 1.807) is 0 Å². The summed E-state index contributed by atoms with van der Waals surface area (Å²) < 4.78 is 4.53. The Balaban J connectivity index is 0.953. The van der Waals surface area contributed by atoms with Gasteiger partial charge in [0.1, 0.15) is 5.69 Å². The largest absolute Gasteiger partial charge is 0.309 e. The maximum absolute atomic E-state index is 5.46. The van der Waals surface area contributed by atoms with Gasteiger partial charge in [-0.05, 0) is 87.8 Å². The number of nitrogens with zero attached hydrogens (tertiary/aromatic N) is 4. The molecule has 0 aliphatic rings. The van der Waals surface area contributed by atoms with E-state index in [1.807, 2.05) is 0 Å². The van der Waals surface area contributed by atoms with Gasteiger partial charge in [-0.3, -0.25) is 0 Å². The molecule has 4 nitrogen and oxygen atoms in total. The minimum atomic E-state index is 0.922. The highest BCUT2D eigenvalue weighted by Crippen LogP contribution is 2.43. The molecule has 0 aliphatic carbocycles. The molecule has 0 fully saturated rings. The van der Waals surface area contributed by atoms with Crippen molar-refractivity contribution >= 4 is 38.1 Å². The van der Waals surface area contributed by atoms with E-state index in [0.717, 1.165) is 100 Å². The summed E-state index contributed by atoms with van der Waals surface area (Å²) in [6, 6.07) is 91.1. The third kappa shape index (κ3) is 6.78. The van der Waals surface area contributed by atoms with Crippen LogP contribution in [0.3, 0.4) is 0 Å². The zero-order valence-corrected chi connectivity index (χ0v) is 37.0. The molecular weight excluding hydrogens is 825 g/mol. The molecule has 0 saturated carbocycles. The van der Waals surface area contributed by atoms with Crippen molar-refractivity contribution in [2.24, 2.45) is 0 Å². The van der Waals surface area contributed by atoms with Crippen LogP contribution >= 0.6 is 0 Å². The van der Waals surface area contributed by atoms with Gasteiger partial charge >= 0.3 is 0 Å². The van der Waals surface area contributed by atoms with E-state index >= 15 is 0 Å². The van der Waals surface area contributed by atoms with Gasteiger partial charge in [0.05, 0.1) is 33.6 Å². The van der Waals surface area contributed by atoms with E-state index in [9.17, 15) is 0 Å². The Bertz CT molecular complexity index is 3930. The van der Waals surface area contributed by atoms with Crippen LogP contribution in [-0.2, 0) is 0 Å². The van der Waals surface area contributed by atoms with Crippen LogP contribution in [0.5, 0.6) is 0 Å². The second-order valence-electron chi connectivity index (χ2n) is 17.4. The molecule has 0 spiro atoms. The van der Waals surface area contributed by atoms with Gasteiger partial charge in [-0.2, -0.15) is 5.10 Å². The van der Waals surface area contributed by atoms with Crippen LogP contribution in [0.4, 0.5) is 0 Å². The lowest BCUT2D eigenvalue weighted by molar-refractivity contribution is 0.979. The van der Waals surface area contributed by atoms with Crippen molar-refractivity contribution in [3.05, 3.63) is 255 Å². The van der Waals surface area contributed by atoms with Crippen molar-refractivity contribution in [1.29, 1.82) is 0 Å². The predicted octanol–water partition coefficient (Wildman–Crippen LogP) is 16.6. The summed E-state index contributed by atoms with van der Waals surface area (Å²) in [7, 11) is 0. The summed E-state index contributed by atoms with van der Waals surface area (Å²) in [6.45, 7) is 0. The number of para-hydroxylation sites is 2. The number of hydrogen-bond donors (Lipinski definition) is 0. The van der Waals surface area contributed by atoms with Gasteiger partial charge < -0.3 is 4.57 Å². The SMILES string of the molecule is c1ccc(-c2cc(-c3cccc(-c4ccc5cc(-c6ccccc6)n6nc(-c7ccccc7)c(-c7ccccc7)c6c5c4)c3)cc(-c3ccc(-n4c5ccccc5c5ccccc54)cc3)n2)cc1. The molecule has 68 heavy (non-hydrogen) atoms. The average Bonchev–Trinajstić information content (AvgIpc) is 3.99.